The summed E-state index contributed by atoms with van der Waals surface area (Å²) < 4.78 is 24.0. The van der Waals surface area contributed by atoms with Crippen molar-refractivity contribution in [3.63, 3.8) is 0 Å². The predicted molar refractivity (Wildman–Crippen MR) is 102 cm³/mol. The lowest BCUT2D eigenvalue weighted by Crippen LogP contribution is -2.33. The van der Waals surface area contributed by atoms with Gasteiger partial charge in [-0.3, -0.25) is 0 Å². The summed E-state index contributed by atoms with van der Waals surface area (Å²) in [4.78, 5) is 12.5. The van der Waals surface area contributed by atoms with Gasteiger partial charge in [-0.1, -0.05) is 26.0 Å². The van der Waals surface area contributed by atoms with Gasteiger partial charge in [0.05, 0.1) is 19.3 Å². The molecule has 2 amide bonds. The maximum Gasteiger partial charge on any atom is 0.354 e. The Balaban J connectivity index is 1.60. The van der Waals surface area contributed by atoms with Gasteiger partial charge in [0.1, 0.15) is 4.90 Å². The Morgan fingerprint density at radius 1 is 1.41 bits per heavy atom. The lowest BCUT2D eigenvalue weighted by Gasteiger charge is -2.30. The van der Waals surface area contributed by atoms with E-state index in [4.69, 9.17) is 9.88 Å². The van der Waals surface area contributed by atoms with E-state index in [0.29, 0.717) is 24.7 Å². The topological polar surface area (TPSA) is 112 Å². The molecule has 1 aromatic heterocycles. The molecule has 27 heavy (non-hydrogen) atoms. The number of rotatable bonds is 2. The summed E-state index contributed by atoms with van der Waals surface area (Å²) in [6.45, 7) is 5.16. The van der Waals surface area contributed by atoms with E-state index in [-0.39, 0.29) is 10.3 Å². The summed E-state index contributed by atoms with van der Waals surface area (Å²) >= 11 is 0. The number of anilines is 1. The van der Waals surface area contributed by atoms with E-state index in [1.54, 1.807) is 4.68 Å². The molecule has 4 rings (SSSR count). The van der Waals surface area contributed by atoms with Crippen LogP contribution in [-0.4, -0.2) is 26.6 Å². The molecule has 0 saturated carbocycles. The van der Waals surface area contributed by atoms with Gasteiger partial charge in [-0.2, -0.15) is 5.10 Å². The minimum absolute atomic E-state index is 0.0893. The van der Waals surface area contributed by atoms with Crippen molar-refractivity contribution >= 4 is 21.6 Å². The molecule has 2 aromatic rings. The first kappa shape index (κ1) is 18.0. The van der Waals surface area contributed by atoms with Crippen molar-refractivity contribution in [2.24, 2.45) is 14.9 Å². The van der Waals surface area contributed by atoms with Crippen LogP contribution < -0.4 is 15.2 Å². The van der Waals surface area contributed by atoms with Crippen molar-refractivity contribution in [2.75, 3.05) is 11.9 Å². The normalized spacial score (nSPS) is 19.4. The molecule has 0 unspecified atom stereocenters. The molecule has 0 bridgehead atoms. The number of nitrogens with one attached hydrogen (secondary N) is 1. The number of amides is 2. The smallest absolute Gasteiger partial charge is 0.354 e. The fourth-order valence-corrected chi connectivity index (χ4v) is 4.58. The maximum absolute atomic E-state index is 12.9. The minimum Gasteiger partial charge on any atom is -0.476 e. The third kappa shape index (κ3) is 3.44. The number of aryl methyl sites for hydroxylation is 1. The zero-order valence-corrected chi connectivity index (χ0v) is 16.2. The Bertz CT molecular complexity index is 1030. The van der Waals surface area contributed by atoms with Crippen molar-refractivity contribution in [2.45, 2.75) is 44.6 Å². The molecular formula is C18H23N5O3S. The molecule has 0 spiro atoms. The van der Waals surface area contributed by atoms with Crippen LogP contribution in [0.5, 0.6) is 5.88 Å². The number of ether oxygens (including phenoxy) is 1. The van der Waals surface area contributed by atoms with E-state index < -0.39 is 15.9 Å². The molecule has 0 radical (unpaired) electrons. The Morgan fingerprint density at radius 3 is 3.04 bits per heavy atom. The third-order valence-electron chi connectivity index (χ3n) is 4.86. The van der Waals surface area contributed by atoms with Crippen LogP contribution in [0.1, 0.15) is 31.4 Å². The van der Waals surface area contributed by atoms with Crippen LogP contribution in [0.25, 0.3) is 0 Å². The van der Waals surface area contributed by atoms with Crippen LogP contribution in [0.4, 0.5) is 10.5 Å². The van der Waals surface area contributed by atoms with Crippen LogP contribution in [0.2, 0.25) is 0 Å². The molecule has 2 aliphatic rings. The third-order valence-corrected chi connectivity index (χ3v) is 6.21. The number of carbonyl (C=O) groups excluding carboxylic acids is 1. The highest BCUT2D eigenvalue weighted by atomic mass is 32.2. The fraction of sp³-hybridized carbons (Fsp3) is 0.444. The molecule has 9 heteroatoms. The average molecular weight is 389 g/mol. The summed E-state index contributed by atoms with van der Waals surface area (Å²) in [5.41, 5.74) is 2.94. The first-order chi connectivity index (χ1) is 12.8. The van der Waals surface area contributed by atoms with Crippen molar-refractivity contribution in [1.29, 1.82) is 0 Å². The van der Waals surface area contributed by atoms with Crippen LogP contribution in [-0.2, 0) is 29.3 Å². The summed E-state index contributed by atoms with van der Waals surface area (Å²) in [6, 6.07) is 5.03. The Morgan fingerprint density at radius 2 is 2.22 bits per heavy atom. The molecule has 8 nitrogen and oxygen atoms in total. The van der Waals surface area contributed by atoms with E-state index in [9.17, 15) is 9.00 Å². The Hall–Kier alpha value is -2.39. The van der Waals surface area contributed by atoms with Crippen LogP contribution >= 0.6 is 0 Å². The van der Waals surface area contributed by atoms with Gasteiger partial charge in [-0.15, -0.1) is 4.36 Å². The van der Waals surface area contributed by atoms with Gasteiger partial charge in [0.15, 0.2) is 9.92 Å². The van der Waals surface area contributed by atoms with Crippen LogP contribution in [0.15, 0.2) is 33.7 Å². The lowest BCUT2D eigenvalue weighted by atomic mass is 9.94. The number of hydrogen-bond donors (Lipinski definition) is 2. The van der Waals surface area contributed by atoms with Gasteiger partial charge in [0.25, 0.3) is 0 Å². The second kappa shape index (κ2) is 6.35. The highest BCUT2D eigenvalue weighted by Crippen LogP contribution is 2.33. The highest BCUT2D eigenvalue weighted by molar-refractivity contribution is 7.91. The summed E-state index contributed by atoms with van der Waals surface area (Å²) in [6.07, 6.45) is 4.34. The van der Waals surface area contributed by atoms with Crippen molar-refractivity contribution in [3.05, 3.63) is 35.5 Å². The highest BCUT2D eigenvalue weighted by Gasteiger charge is 2.32. The quantitative estimate of drug-likeness (QED) is 0.822. The zero-order chi connectivity index (χ0) is 19.2. The predicted octanol–water partition coefficient (Wildman–Crippen LogP) is 2.72. The van der Waals surface area contributed by atoms with Gasteiger partial charge in [-0.25, -0.2) is 18.8 Å². The van der Waals surface area contributed by atoms with Gasteiger partial charge in [0, 0.05) is 11.1 Å². The first-order valence-corrected chi connectivity index (χ1v) is 10.5. The van der Waals surface area contributed by atoms with Gasteiger partial charge >= 0.3 is 6.03 Å². The number of urea groups is 1. The van der Waals surface area contributed by atoms with Crippen LogP contribution in [0, 0.1) is 5.41 Å². The van der Waals surface area contributed by atoms with Gasteiger partial charge in [-0.05, 0) is 36.5 Å². The fourth-order valence-electron chi connectivity index (χ4n) is 3.58. The number of hydrogen-bond acceptors (Lipinski definition) is 4. The van der Waals surface area contributed by atoms with Crippen molar-refractivity contribution < 1.29 is 13.7 Å². The molecule has 1 aromatic carbocycles. The molecule has 0 saturated heterocycles. The van der Waals surface area contributed by atoms with E-state index in [0.717, 1.165) is 24.8 Å². The first-order valence-electron chi connectivity index (χ1n) is 8.90. The second-order valence-corrected chi connectivity index (χ2v) is 9.57. The number of aromatic nitrogens is 2. The van der Waals surface area contributed by atoms with E-state index in [2.05, 4.69) is 20.8 Å². The molecule has 3 N–H and O–H groups in total. The van der Waals surface area contributed by atoms with Crippen molar-refractivity contribution in [1.82, 2.24) is 9.78 Å². The number of nitrogens with zero attached hydrogens (tertiary/aromatic N) is 3. The largest absolute Gasteiger partial charge is 0.476 e. The Kier molecular flexibility index (Phi) is 4.23. The lowest BCUT2D eigenvalue weighted by molar-refractivity contribution is 0.0972. The number of benzene rings is 1. The molecule has 2 heterocycles. The number of nitrogens with two attached hydrogens (primary N) is 1. The van der Waals surface area contributed by atoms with E-state index in [1.165, 1.54) is 11.8 Å². The zero-order valence-electron chi connectivity index (χ0n) is 15.4. The minimum atomic E-state index is -3.47. The van der Waals surface area contributed by atoms with Gasteiger partial charge < -0.3 is 10.1 Å². The summed E-state index contributed by atoms with van der Waals surface area (Å²) in [5, 5.41) is 12.8. The number of carbonyl (C=O) groups is 1. The average Bonchev–Trinajstić information content (AvgIpc) is 3.20. The van der Waals surface area contributed by atoms with Crippen LogP contribution in [0.3, 0.4) is 0 Å². The molecule has 0 fully saturated rings. The van der Waals surface area contributed by atoms with Crippen molar-refractivity contribution in [3.8, 4) is 5.88 Å². The molecule has 144 valence electrons. The molecule has 1 aliphatic heterocycles. The monoisotopic (exact) mass is 389 g/mol. The van der Waals surface area contributed by atoms with Gasteiger partial charge in [0.2, 0.25) is 5.88 Å². The second-order valence-electron chi connectivity index (χ2n) is 7.81. The standard InChI is InChI=1S/C18H23N5O3S/c1-18(2)10-23-16(26-11-18)15(9-20-23)27(19,25)22-17(24)21-14-8-4-6-12-5-3-7-13(12)14/h4,6,8-9H,3,5,7,10-11H2,1-2H3,(H3,19,21,22,24,25)/t27-/m0/s1. The number of fused-ring (bicyclic) bond motifs is 2. The maximum atomic E-state index is 12.9. The van der Waals surface area contributed by atoms with E-state index >= 15 is 0 Å². The molecular weight excluding hydrogens is 366 g/mol. The summed E-state index contributed by atoms with van der Waals surface area (Å²) in [7, 11) is -3.47. The molecule has 1 aliphatic carbocycles. The van der Waals surface area contributed by atoms with E-state index in [1.807, 2.05) is 26.0 Å². The summed E-state index contributed by atoms with van der Waals surface area (Å²) in [5.74, 6) is 0.318. The molecule has 1 atom stereocenters. The Labute approximate surface area is 158 Å². The SMILES string of the molecule is CC1(C)COc2c([S@@](N)(=O)=NC(=O)Nc3cccc4c3CCC4)cnn2C1.